The molecule has 0 aromatic heterocycles. The molecule has 0 bridgehead atoms. The predicted molar refractivity (Wildman–Crippen MR) is 78.1 cm³/mol. The molecular weight excluding hydrogens is 248 g/mol. The van der Waals surface area contributed by atoms with Gasteiger partial charge in [0.2, 0.25) is 0 Å². The fourth-order valence-electron chi connectivity index (χ4n) is 1.86. The summed E-state index contributed by atoms with van der Waals surface area (Å²) >= 11 is 5.58. The topological polar surface area (TPSA) is 26.3 Å². The van der Waals surface area contributed by atoms with Crippen LogP contribution in [0.3, 0.4) is 0 Å². The van der Waals surface area contributed by atoms with E-state index in [2.05, 4.69) is 6.92 Å². The molecule has 0 aromatic carbocycles. The van der Waals surface area contributed by atoms with Crippen LogP contribution in [0.4, 0.5) is 0 Å². The maximum Gasteiger partial charge on any atom is 0.305 e. The van der Waals surface area contributed by atoms with E-state index >= 15 is 0 Å². The van der Waals surface area contributed by atoms with E-state index in [-0.39, 0.29) is 5.97 Å². The van der Waals surface area contributed by atoms with Crippen molar-refractivity contribution in [3.8, 4) is 0 Å². The van der Waals surface area contributed by atoms with Gasteiger partial charge in [-0.05, 0) is 19.3 Å². The van der Waals surface area contributed by atoms with Crippen molar-refractivity contribution in [3.05, 3.63) is 0 Å². The van der Waals surface area contributed by atoms with E-state index in [1.54, 1.807) is 0 Å². The van der Waals surface area contributed by atoms with Crippen LogP contribution < -0.4 is 0 Å². The number of hydrogen-bond acceptors (Lipinski definition) is 2. The maximum atomic E-state index is 11.4. The van der Waals surface area contributed by atoms with Crippen LogP contribution in [-0.4, -0.2) is 18.5 Å². The Morgan fingerprint density at radius 2 is 1.50 bits per heavy atom. The molecule has 108 valence electrons. The molecule has 18 heavy (non-hydrogen) atoms. The van der Waals surface area contributed by atoms with Gasteiger partial charge in [0, 0.05) is 12.3 Å². The maximum absolute atomic E-state index is 11.4. The van der Waals surface area contributed by atoms with Crippen molar-refractivity contribution in [2.75, 3.05) is 12.5 Å². The van der Waals surface area contributed by atoms with E-state index in [4.69, 9.17) is 16.3 Å². The lowest BCUT2D eigenvalue weighted by atomic mass is 10.1. The van der Waals surface area contributed by atoms with Gasteiger partial charge in [-0.1, -0.05) is 51.9 Å². The van der Waals surface area contributed by atoms with Crippen molar-refractivity contribution in [2.24, 2.45) is 0 Å². The van der Waals surface area contributed by atoms with E-state index in [9.17, 15) is 4.79 Å². The van der Waals surface area contributed by atoms with Gasteiger partial charge in [-0.25, -0.2) is 0 Å². The highest BCUT2D eigenvalue weighted by Crippen LogP contribution is 2.08. The molecule has 0 saturated carbocycles. The quantitative estimate of drug-likeness (QED) is 0.266. The van der Waals surface area contributed by atoms with E-state index in [0.29, 0.717) is 13.0 Å². The molecule has 0 spiro atoms. The summed E-state index contributed by atoms with van der Waals surface area (Å²) in [4.78, 5) is 11.4. The molecule has 0 atom stereocenters. The Morgan fingerprint density at radius 1 is 0.889 bits per heavy atom. The summed E-state index contributed by atoms with van der Waals surface area (Å²) in [6, 6.07) is 0. The highest BCUT2D eigenvalue weighted by molar-refractivity contribution is 6.17. The standard InChI is InChI=1S/C15H29ClO2/c1-2-3-4-5-6-9-12-15(17)18-14-11-8-7-10-13-16/h2-14H2,1H3. The number of halogens is 1. The minimum absolute atomic E-state index is 0.0252. The SMILES string of the molecule is CCCCCCCCC(=O)OCCCCCCCl. The minimum atomic E-state index is -0.0252. The van der Waals surface area contributed by atoms with Crippen molar-refractivity contribution in [2.45, 2.75) is 77.6 Å². The number of hydrogen-bond donors (Lipinski definition) is 0. The Bertz CT molecular complexity index is 165. The third kappa shape index (κ3) is 13.8. The van der Waals surface area contributed by atoms with Crippen LogP contribution in [0.5, 0.6) is 0 Å². The van der Waals surface area contributed by atoms with Crippen molar-refractivity contribution < 1.29 is 9.53 Å². The first-order chi connectivity index (χ1) is 8.81. The Kier molecular flexibility index (Phi) is 14.6. The second-order valence-corrected chi connectivity index (χ2v) is 5.22. The van der Waals surface area contributed by atoms with Crippen molar-refractivity contribution in [3.63, 3.8) is 0 Å². The van der Waals surface area contributed by atoms with Gasteiger partial charge in [0.15, 0.2) is 0 Å². The molecule has 0 unspecified atom stereocenters. The lowest BCUT2D eigenvalue weighted by Crippen LogP contribution is -2.05. The molecule has 0 rings (SSSR count). The fourth-order valence-corrected chi connectivity index (χ4v) is 2.05. The smallest absolute Gasteiger partial charge is 0.305 e. The van der Waals surface area contributed by atoms with Crippen molar-refractivity contribution in [1.82, 2.24) is 0 Å². The van der Waals surface area contributed by atoms with Crippen LogP contribution >= 0.6 is 11.6 Å². The van der Waals surface area contributed by atoms with Crippen LogP contribution in [0.2, 0.25) is 0 Å². The average molecular weight is 277 g/mol. The van der Waals surface area contributed by atoms with Gasteiger partial charge < -0.3 is 4.74 Å². The van der Waals surface area contributed by atoms with Gasteiger partial charge in [0.05, 0.1) is 6.61 Å². The summed E-state index contributed by atoms with van der Waals surface area (Å²) in [7, 11) is 0. The van der Waals surface area contributed by atoms with E-state index in [1.165, 1.54) is 25.7 Å². The van der Waals surface area contributed by atoms with Crippen LogP contribution in [-0.2, 0) is 9.53 Å². The summed E-state index contributed by atoms with van der Waals surface area (Å²) in [5, 5.41) is 0. The number of carbonyl (C=O) groups is 1. The first-order valence-electron chi connectivity index (χ1n) is 7.52. The number of rotatable bonds is 13. The molecule has 0 aromatic rings. The number of unbranched alkanes of at least 4 members (excludes halogenated alkanes) is 8. The fraction of sp³-hybridized carbons (Fsp3) is 0.933. The largest absolute Gasteiger partial charge is 0.466 e. The molecule has 0 N–H and O–H groups in total. The third-order valence-corrected chi connectivity index (χ3v) is 3.29. The first-order valence-corrected chi connectivity index (χ1v) is 8.06. The Hall–Kier alpha value is -0.240. The van der Waals surface area contributed by atoms with Crippen LogP contribution in [0.15, 0.2) is 0 Å². The van der Waals surface area contributed by atoms with Crippen molar-refractivity contribution >= 4 is 17.6 Å². The summed E-state index contributed by atoms with van der Waals surface area (Å²) in [6.45, 7) is 2.79. The molecule has 2 nitrogen and oxygen atoms in total. The molecule has 0 radical (unpaired) electrons. The highest BCUT2D eigenvalue weighted by atomic mass is 35.5. The summed E-state index contributed by atoms with van der Waals surface area (Å²) in [6.07, 6.45) is 12.1. The highest BCUT2D eigenvalue weighted by Gasteiger charge is 2.02. The molecular formula is C15H29ClO2. The summed E-state index contributed by atoms with van der Waals surface area (Å²) in [5.41, 5.74) is 0. The zero-order valence-electron chi connectivity index (χ0n) is 11.9. The summed E-state index contributed by atoms with van der Waals surface area (Å²) < 4.78 is 5.18. The number of carbonyl (C=O) groups excluding carboxylic acids is 1. The number of alkyl halides is 1. The second-order valence-electron chi connectivity index (χ2n) is 4.84. The van der Waals surface area contributed by atoms with E-state index in [1.807, 2.05) is 0 Å². The molecule has 0 aliphatic heterocycles. The van der Waals surface area contributed by atoms with Gasteiger partial charge in [-0.2, -0.15) is 0 Å². The van der Waals surface area contributed by atoms with Crippen molar-refractivity contribution in [1.29, 1.82) is 0 Å². The van der Waals surface area contributed by atoms with Gasteiger partial charge >= 0.3 is 5.97 Å². The molecule has 0 aliphatic rings. The number of esters is 1. The van der Waals surface area contributed by atoms with Gasteiger partial charge in [-0.3, -0.25) is 4.79 Å². The first kappa shape index (κ1) is 17.8. The molecule has 0 fully saturated rings. The molecule has 0 heterocycles. The Balaban J connectivity index is 3.12. The molecule has 0 saturated heterocycles. The molecule has 0 aliphatic carbocycles. The van der Waals surface area contributed by atoms with Gasteiger partial charge in [0.25, 0.3) is 0 Å². The van der Waals surface area contributed by atoms with E-state index < -0.39 is 0 Å². The Labute approximate surface area is 117 Å². The molecule has 0 amide bonds. The normalized spacial score (nSPS) is 10.6. The van der Waals surface area contributed by atoms with Crippen LogP contribution in [0.1, 0.15) is 77.6 Å². The van der Waals surface area contributed by atoms with E-state index in [0.717, 1.165) is 44.4 Å². The van der Waals surface area contributed by atoms with Gasteiger partial charge in [-0.15, -0.1) is 11.6 Å². The zero-order valence-corrected chi connectivity index (χ0v) is 12.6. The molecule has 3 heteroatoms. The second kappa shape index (κ2) is 14.8. The van der Waals surface area contributed by atoms with Gasteiger partial charge in [0.1, 0.15) is 0 Å². The lowest BCUT2D eigenvalue weighted by Gasteiger charge is -2.04. The minimum Gasteiger partial charge on any atom is -0.466 e. The Morgan fingerprint density at radius 3 is 2.22 bits per heavy atom. The lowest BCUT2D eigenvalue weighted by molar-refractivity contribution is -0.143. The monoisotopic (exact) mass is 276 g/mol. The zero-order chi connectivity index (χ0) is 13.5. The average Bonchev–Trinajstić information content (AvgIpc) is 2.38. The third-order valence-electron chi connectivity index (χ3n) is 3.03. The summed E-state index contributed by atoms with van der Waals surface area (Å²) in [5.74, 6) is 0.709. The van der Waals surface area contributed by atoms with Crippen LogP contribution in [0, 0.1) is 0 Å². The predicted octanol–water partition coefficient (Wildman–Crippen LogP) is 5.08. The van der Waals surface area contributed by atoms with Crippen LogP contribution in [0.25, 0.3) is 0 Å². The number of ether oxygens (including phenoxy) is 1.